The van der Waals surface area contributed by atoms with Crippen LogP contribution in [0.15, 0.2) is 12.3 Å². The van der Waals surface area contributed by atoms with E-state index < -0.39 is 11.8 Å². The van der Waals surface area contributed by atoms with Gasteiger partial charge in [-0.15, -0.1) is 0 Å². The third-order valence-electron chi connectivity index (χ3n) is 3.87. The molecule has 1 heterocycles. The normalized spacial score (nSPS) is 22.6. The Hall–Kier alpha value is -1.52. The minimum absolute atomic E-state index is 0.0374. The summed E-state index contributed by atoms with van der Waals surface area (Å²) in [6, 6.07) is 0.850. The predicted octanol–water partition coefficient (Wildman–Crippen LogP) is 3.87. The number of hydrogen-bond donors (Lipinski definition) is 0. The van der Waals surface area contributed by atoms with Crippen molar-refractivity contribution in [2.45, 2.75) is 45.4 Å². The minimum Gasteiger partial charge on any atom is -0.425 e. The molecule has 20 heavy (non-hydrogen) atoms. The van der Waals surface area contributed by atoms with Crippen LogP contribution in [0.3, 0.4) is 0 Å². The van der Waals surface area contributed by atoms with Crippen LogP contribution in [0.5, 0.6) is 5.75 Å². The number of ether oxygens (including phenoxy) is 1. The highest BCUT2D eigenvalue weighted by molar-refractivity contribution is 5.75. The van der Waals surface area contributed by atoms with Gasteiger partial charge < -0.3 is 4.74 Å². The first-order valence-electron chi connectivity index (χ1n) is 7.13. The SMILES string of the molecule is CCCC1CCC(C(=O)Oc2cnc(F)c(F)c2)CC1. The summed E-state index contributed by atoms with van der Waals surface area (Å²) in [6.45, 7) is 2.16. The highest BCUT2D eigenvalue weighted by Crippen LogP contribution is 2.32. The number of esters is 1. The number of nitrogens with zero attached hydrogens (tertiary/aromatic N) is 1. The monoisotopic (exact) mass is 283 g/mol. The second-order valence-corrected chi connectivity index (χ2v) is 5.37. The first-order valence-corrected chi connectivity index (χ1v) is 7.13. The van der Waals surface area contributed by atoms with E-state index in [0.29, 0.717) is 5.92 Å². The summed E-state index contributed by atoms with van der Waals surface area (Å²) in [6.07, 6.45) is 7.07. The fraction of sp³-hybridized carbons (Fsp3) is 0.600. The van der Waals surface area contributed by atoms with Gasteiger partial charge in [-0.3, -0.25) is 4.79 Å². The molecule has 110 valence electrons. The Kier molecular flexibility index (Phi) is 5.04. The smallest absolute Gasteiger partial charge is 0.314 e. The molecular formula is C15H19F2NO2. The predicted molar refractivity (Wildman–Crippen MR) is 70.1 cm³/mol. The molecule has 5 heteroatoms. The third-order valence-corrected chi connectivity index (χ3v) is 3.87. The van der Waals surface area contributed by atoms with Crippen molar-refractivity contribution in [1.82, 2.24) is 4.98 Å². The zero-order chi connectivity index (χ0) is 14.5. The molecule has 2 rings (SSSR count). The van der Waals surface area contributed by atoms with Gasteiger partial charge in [-0.2, -0.15) is 4.39 Å². The van der Waals surface area contributed by atoms with Gasteiger partial charge in [0.25, 0.3) is 0 Å². The Morgan fingerprint density at radius 2 is 2.05 bits per heavy atom. The molecule has 1 fully saturated rings. The minimum atomic E-state index is -1.19. The van der Waals surface area contributed by atoms with E-state index in [1.165, 1.54) is 12.8 Å². The fourth-order valence-electron chi connectivity index (χ4n) is 2.75. The van der Waals surface area contributed by atoms with Gasteiger partial charge in [0.1, 0.15) is 0 Å². The lowest BCUT2D eigenvalue weighted by molar-refractivity contribution is -0.140. The number of pyridine rings is 1. The number of carbonyl (C=O) groups excluding carboxylic acids is 1. The van der Waals surface area contributed by atoms with E-state index in [4.69, 9.17) is 4.74 Å². The van der Waals surface area contributed by atoms with E-state index in [1.807, 2.05) is 0 Å². The van der Waals surface area contributed by atoms with Crippen molar-refractivity contribution in [2.24, 2.45) is 11.8 Å². The zero-order valence-electron chi connectivity index (χ0n) is 11.6. The lowest BCUT2D eigenvalue weighted by Gasteiger charge is -2.26. The average molecular weight is 283 g/mol. The van der Waals surface area contributed by atoms with Crippen LogP contribution in [0, 0.1) is 23.6 Å². The van der Waals surface area contributed by atoms with Gasteiger partial charge >= 0.3 is 5.97 Å². The van der Waals surface area contributed by atoms with E-state index in [0.717, 1.165) is 37.9 Å². The summed E-state index contributed by atoms with van der Waals surface area (Å²) in [4.78, 5) is 15.2. The van der Waals surface area contributed by atoms with Gasteiger partial charge in [-0.1, -0.05) is 19.8 Å². The van der Waals surface area contributed by atoms with Gasteiger partial charge in [0.2, 0.25) is 5.95 Å². The summed E-state index contributed by atoms with van der Waals surface area (Å²) < 4.78 is 30.7. The Balaban J connectivity index is 1.88. The number of rotatable bonds is 4. The summed E-state index contributed by atoms with van der Waals surface area (Å²) in [5.74, 6) is -2.14. The maximum absolute atomic E-state index is 13.0. The molecule has 0 unspecified atom stereocenters. The molecule has 1 aromatic rings. The van der Waals surface area contributed by atoms with E-state index in [2.05, 4.69) is 11.9 Å². The van der Waals surface area contributed by atoms with Crippen molar-refractivity contribution >= 4 is 5.97 Å². The van der Waals surface area contributed by atoms with Gasteiger partial charge in [0, 0.05) is 6.07 Å². The average Bonchev–Trinajstić information content (AvgIpc) is 2.44. The molecule has 0 amide bonds. The molecule has 0 N–H and O–H groups in total. The lowest BCUT2D eigenvalue weighted by atomic mass is 9.80. The quantitative estimate of drug-likeness (QED) is 0.622. The van der Waals surface area contributed by atoms with Crippen LogP contribution < -0.4 is 4.74 Å². The lowest BCUT2D eigenvalue weighted by Crippen LogP contribution is -2.25. The number of aromatic nitrogens is 1. The van der Waals surface area contributed by atoms with Gasteiger partial charge in [0.05, 0.1) is 12.1 Å². The molecule has 0 atom stereocenters. The first kappa shape index (κ1) is 14.9. The number of hydrogen-bond acceptors (Lipinski definition) is 3. The molecule has 0 spiro atoms. The third kappa shape index (κ3) is 3.74. The summed E-state index contributed by atoms with van der Waals surface area (Å²) in [5, 5.41) is 0. The molecule has 0 saturated heterocycles. The second-order valence-electron chi connectivity index (χ2n) is 5.37. The maximum atomic E-state index is 13.0. The molecular weight excluding hydrogens is 264 g/mol. The van der Waals surface area contributed by atoms with Crippen molar-refractivity contribution in [2.75, 3.05) is 0 Å². The van der Waals surface area contributed by atoms with E-state index in [-0.39, 0.29) is 17.6 Å². The topological polar surface area (TPSA) is 39.2 Å². The summed E-state index contributed by atoms with van der Waals surface area (Å²) in [5.41, 5.74) is 0. The Morgan fingerprint density at radius 3 is 2.65 bits per heavy atom. The van der Waals surface area contributed by atoms with Gasteiger partial charge in [-0.05, 0) is 31.6 Å². The van der Waals surface area contributed by atoms with Crippen molar-refractivity contribution in [3.8, 4) is 5.75 Å². The zero-order valence-corrected chi connectivity index (χ0v) is 11.6. The summed E-state index contributed by atoms with van der Waals surface area (Å²) in [7, 11) is 0. The highest BCUT2D eigenvalue weighted by atomic mass is 19.2. The Morgan fingerprint density at radius 1 is 1.35 bits per heavy atom. The molecule has 0 aliphatic heterocycles. The maximum Gasteiger partial charge on any atom is 0.314 e. The van der Waals surface area contributed by atoms with Crippen molar-refractivity contribution in [3.63, 3.8) is 0 Å². The van der Waals surface area contributed by atoms with Gasteiger partial charge in [-0.25, -0.2) is 9.37 Å². The van der Waals surface area contributed by atoms with E-state index >= 15 is 0 Å². The fourth-order valence-corrected chi connectivity index (χ4v) is 2.75. The van der Waals surface area contributed by atoms with Crippen LogP contribution in [0.25, 0.3) is 0 Å². The van der Waals surface area contributed by atoms with Crippen molar-refractivity contribution in [3.05, 3.63) is 24.0 Å². The van der Waals surface area contributed by atoms with Crippen LogP contribution in [0.2, 0.25) is 0 Å². The molecule has 1 aliphatic carbocycles. The van der Waals surface area contributed by atoms with Crippen molar-refractivity contribution in [1.29, 1.82) is 0 Å². The van der Waals surface area contributed by atoms with Crippen LogP contribution in [0.1, 0.15) is 45.4 Å². The molecule has 1 aromatic heterocycles. The first-order chi connectivity index (χ1) is 9.60. The van der Waals surface area contributed by atoms with Crippen LogP contribution in [0.4, 0.5) is 8.78 Å². The van der Waals surface area contributed by atoms with Crippen LogP contribution in [-0.2, 0) is 4.79 Å². The van der Waals surface area contributed by atoms with Gasteiger partial charge in [0.15, 0.2) is 11.6 Å². The van der Waals surface area contributed by atoms with Crippen LogP contribution in [-0.4, -0.2) is 11.0 Å². The summed E-state index contributed by atoms with van der Waals surface area (Å²) >= 11 is 0. The molecule has 1 aliphatic rings. The highest BCUT2D eigenvalue weighted by Gasteiger charge is 2.27. The molecule has 3 nitrogen and oxygen atoms in total. The molecule has 1 saturated carbocycles. The van der Waals surface area contributed by atoms with E-state index in [9.17, 15) is 13.6 Å². The second kappa shape index (κ2) is 6.77. The number of halogens is 2. The van der Waals surface area contributed by atoms with Crippen molar-refractivity contribution < 1.29 is 18.3 Å². The van der Waals surface area contributed by atoms with Crippen LogP contribution >= 0.6 is 0 Å². The Labute approximate surface area is 117 Å². The number of carbonyl (C=O) groups is 1. The molecule has 0 aromatic carbocycles. The largest absolute Gasteiger partial charge is 0.425 e. The molecule has 0 radical (unpaired) electrons. The standard InChI is InChI=1S/C15H19F2NO2/c1-2-3-10-4-6-11(7-5-10)15(19)20-12-8-13(16)14(17)18-9-12/h8-11H,2-7H2,1H3. The van der Waals surface area contributed by atoms with E-state index in [1.54, 1.807) is 0 Å². The molecule has 0 bridgehead atoms. The Bertz CT molecular complexity index is 471.